The molecule has 1 fully saturated rings. The molecular weight excluding hydrogens is 224 g/mol. The Hall–Kier alpha value is -0.710. The van der Waals surface area contributed by atoms with Crippen molar-refractivity contribution in [1.29, 1.82) is 0 Å². The van der Waals surface area contributed by atoms with Gasteiger partial charge in [0.2, 0.25) is 0 Å². The Morgan fingerprint density at radius 1 is 1.50 bits per heavy atom. The van der Waals surface area contributed by atoms with Crippen molar-refractivity contribution < 1.29 is 0 Å². The molecule has 1 atom stereocenters. The summed E-state index contributed by atoms with van der Waals surface area (Å²) in [6.07, 6.45) is 4.58. The normalized spacial score (nSPS) is 20.6. The molecule has 0 aromatic carbocycles. The van der Waals surface area contributed by atoms with Crippen LogP contribution in [0.5, 0.6) is 0 Å². The van der Waals surface area contributed by atoms with Crippen molar-refractivity contribution in [1.82, 2.24) is 20.2 Å². The molecule has 2 heterocycles. The SMILES string of the molecule is CCN(Cc1cnc(Cl)cn1)C1CCNC1. The Balaban J connectivity index is 1.97. The van der Waals surface area contributed by atoms with E-state index in [0.717, 1.165) is 31.9 Å². The number of halogens is 1. The van der Waals surface area contributed by atoms with Gasteiger partial charge in [0.25, 0.3) is 0 Å². The van der Waals surface area contributed by atoms with Crippen molar-refractivity contribution >= 4 is 11.6 Å². The minimum absolute atomic E-state index is 0.453. The first kappa shape index (κ1) is 11.8. The van der Waals surface area contributed by atoms with Crippen LogP contribution in [0.3, 0.4) is 0 Å². The van der Waals surface area contributed by atoms with Crippen molar-refractivity contribution in [2.24, 2.45) is 0 Å². The van der Waals surface area contributed by atoms with Gasteiger partial charge in [0, 0.05) is 19.1 Å². The van der Waals surface area contributed by atoms with E-state index in [4.69, 9.17) is 11.6 Å². The summed E-state index contributed by atoms with van der Waals surface area (Å²) in [5, 5.41) is 3.84. The minimum atomic E-state index is 0.453. The van der Waals surface area contributed by atoms with Crippen molar-refractivity contribution in [2.45, 2.75) is 25.9 Å². The van der Waals surface area contributed by atoms with Crippen LogP contribution in [0.25, 0.3) is 0 Å². The first-order valence-electron chi connectivity index (χ1n) is 5.70. The summed E-state index contributed by atoms with van der Waals surface area (Å²) in [5.74, 6) is 0. The molecule has 0 aliphatic carbocycles. The van der Waals surface area contributed by atoms with Gasteiger partial charge in [-0.15, -0.1) is 0 Å². The summed E-state index contributed by atoms with van der Waals surface area (Å²) in [7, 11) is 0. The molecule has 0 amide bonds. The molecule has 1 aromatic rings. The number of aromatic nitrogens is 2. The maximum atomic E-state index is 5.71. The third-order valence-electron chi connectivity index (χ3n) is 3.00. The van der Waals surface area contributed by atoms with Crippen LogP contribution in [-0.2, 0) is 6.54 Å². The lowest BCUT2D eigenvalue weighted by Gasteiger charge is -2.26. The van der Waals surface area contributed by atoms with E-state index < -0.39 is 0 Å². The second kappa shape index (κ2) is 5.57. The van der Waals surface area contributed by atoms with Crippen LogP contribution in [0.1, 0.15) is 19.0 Å². The second-order valence-electron chi connectivity index (χ2n) is 4.04. The summed E-state index contributed by atoms with van der Waals surface area (Å²) in [5.41, 5.74) is 0.984. The molecule has 1 unspecified atom stereocenters. The third kappa shape index (κ3) is 2.90. The number of hydrogen-bond donors (Lipinski definition) is 1. The van der Waals surface area contributed by atoms with Crippen LogP contribution < -0.4 is 5.32 Å². The summed E-state index contributed by atoms with van der Waals surface area (Å²) in [4.78, 5) is 10.8. The van der Waals surface area contributed by atoms with Crippen molar-refractivity contribution in [3.05, 3.63) is 23.2 Å². The second-order valence-corrected chi connectivity index (χ2v) is 4.43. The molecule has 88 valence electrons. The summed E-state index contributed by atoms with van der Waals surface area (Å²) in [6.45, 7) is 6.27. The largest absolute Gasteiger partial charge is 0.315 e. The smallest absolute Gasteiger partial charge is 0.147 e. The average Bonchev–Trinajstić information content (AvgIpc) is 2.82. The Bertz CT molecular complexity index is 321. The molecule has 1 saturated heterocycles. The maximum absolute atomic E-state index is 5.71. The number of hydrogen-bond acceptors (Lipinski definition) is 4. The Morgan fingerprint density at radius 2 is 2.38 bits per heavy atom. The maximum Gasteiger partial charge on any atom is 0.147 e. The number of rotatable bonds is 4. The lowest BCUT2D eigenvalue weighted by Crippen LogP contribution is -2.36. The van der Waals surface area contributed by atoms with E-state index >= 15 is 0 Å². The van der Waals surface area contributed by atoms with Crippen molar-refractivity contribution in [3.8, 4) is 0 Å². The van der Waals surface area contributed by atoms with E-state index in [-0.39, 0.29) is 0 Å². The van der Waals surface area contributed by atoms with E-state index in [2.05, 4.69) is 27.1 Å². The van der Waals surface area contributed by atoms with Crippen molar-refractivity contribution in [3.63, 3.8) is 0 Å². The predicted octanol–water partition coefficient (Wildman–Crippen LogP) is 1.31. The van der Waals surface area contributed by atoms with Crippen molar-refractivity contribution in [2.75, 3.05) is 19.6 Å². The topological polar surface area (TPSA) is 41.1 Å². The van der Waals surface area contributed by atoms with E-state index in [9.17, 15) is 0 Å². The summed E-state index contributed by atoms with van der Waals surface area (Å²) < 4.78 is 0. The Kier molecular flexibility index (Phi) is 4.09. The summed E-state index contributed by atoms with van der Waals surface area (Å²) in [6, 6.07) is 0.627. The van der Waals surface area contributed by atoms with Crippen LogP contribution in [0, 0.1) is 0 Å². The number of nitrogens with zero attached hydrogens (tertiary/aromatic N) is 3. The van der Waals surface area contributed by atoms with Gasteiger partial charge in [-0.2, -0.15) is 0 Å². The van der Waals surface area contributed by atoms with E-state index in [1.165, 1.54) is 6.42 Å². The molecule has 1 aliphatic rings. The van der Waals surface area contributed by atoms with E-state index in [1.807, 2.05) is 0 Å². The van der Waals surface area contributed by atoms with Gasteiger partial charge < -0.3 is 5.32 Å². The molecule has 1 N–H and O–H groups in total. The monoisotopic (exact) mass is 240 g/mol. The lowest BCUT2D eigenvalue weighted by molar-refractivity contribution is 0.207. The fourth-order valence-corrected chi connectivity index (χ4v) is 2.18. The lowest BCUT2D eigenvalue weighted by atomic mass is 10.2. The molecule has 1 aromatic heterocycles. The van der Waals surface area contributed by atoms with Gasteiger partial charge in [-0.05, 0) is 19.5 Å². The first-order valence-corrected chi connectivity index (χ1v) is 6.08. The van der Waals surface area contributed by atoms with Gasteiger partial charge in [0.05, 0.1) is 18.1 Å². The van der Waals surface area contributed by atoms with Crippen LogP contribution in [0.4, 0.5) is 0 Å². The van der Waals surface area contributed by atoms with Crippen LogP contribution in [-0.4, -0.2) is 40.5 Å². The molecule has 4 nitrogen and oxygen atoms in total. The van der Waals surface area contributed by atoms with E-state index in [1.54, 1.807) is 12.4 Å². The minimum Gasteiger partial charge on any atom is -0.315 e. The molecule has 0 saturated carbocycles. The van der Waals surface area contributed by atoms with E-state index in [0.29, 0.717) is 11.2 Å². The average molecular weight is 241 g/mol. The molecule has 2 rings (SSSR count). The van der Waals surface area contributed by atoms with Crippen LogP contribution in [0.2, 0.25) is 5.15 Å². The molecular formula is C11H17ClN4. The predicted molar refractivity (Wildman–Crippen MR) is 64.4 cm³/mol. The first-order chi connectivity index (χ1) is 7.79. The molecule has 0 bridgehead atoms. The molecule has 0 radical (unpaired) electrons. The number of nitrogens with one attached hydrogen (secondary N) is 1. The highest BCUT2D eigenvalue weighted by Gasteiger charge is 2.21. The van der Waals surface area contributed by atoms with Gasteiger partial charge in [0.1, 0.15) is 5.15 Å². The highest BCUT2D eigenvalue weighted by molar-refractivity contribution is 6.29. The third-order valence-corrected chi connectivity index (χ3v) is 3.19. The fourth-order valence-electron chi connectivity index (χ4n) is 2.08. The highest BCUT2D eigenvalue weighted by atomic mass is 35.5. The summed E-state index contributed by atoms with van der Waals surface area (Å²) >= 11 is 5.71. The Labute approximate surface area is 101 Å². The molecule has 0 spiro atoms. The molecule has 1 aliphatic heterocycles. The van der Waals surface area contributed by atoms with Gasteiger partial charge in [-0.25, -0.2) is 4.98 Å². The standard InChI is InChI=1S/C11H17ClN4/c1-2-16(10-3-4-13-6-10)8-9-5-15-11(12)7-14-9/h5,7,10,13H,2-4,6,8H2,1H3. The van der Waals surface area contributed by atoms with Gasteiger partial charge in [-0.1, -0.05) is 18.5 Å². The quantitative estimate of drug-likeness (QED) is 0.862. The zero-order valence-corrected chi connectivity index (χ0v) is 10.2. The van der Waals surface area contributed by atoms with Crippen LogP contribution in [0.15, 0.2) is 12.4 Å². The highest BCUT2D eigenvalue weighted by Crippen LogP contribution is 2.12. The molecule has 5 heteroatoms. The molecule has 16 heavy (non-hydrogen) atoms. The Morgan fingerprint density at radius 3 is 2.94 bits per heavy atom. The zero-order chi connectivity index (χ0) is 11.4. The van der Waals surface area contributed by atoms with Crippen LogP contribution >= 0.6 is 11.6 Å². The van der Waals surface area contributed by atoms with Gasteiger partial charge in [-0.3, -0.25) is 9.88 Å². The fraction of sp³-hybridized carbons (Fsp3) is 0.636. The van der Waals surface area contributed by atoms with Gasteiger partial charge >= 0.3 is 0 Å². The zero-order valence-electron chi connectivity index (χ0n) is 9.49. The van der Waals surface area contributed by atoms with Gasteiger partial charge in [0.15, 0.2) is 0 Å². The number of likely N-dealkylation sites (N-methyl/N-ethyl adjacent to an activating group) is 1.